The Hall–Kier alpha value is -1.02. The zero-order valence-electron chi connectivity index (χ0n) is 13.4. The van der Waals surface area contributed by atoms with Crippen LogP contribution in [0.25, 0.3) is 0 Å². The van der Waals surface area contributed by atoms with Gasteiger partial charge in [-0.15, -0.1) is 11.3 Å². The Bertz CT molecular complexity index is 587. The number of likely N-dealkylation sites (tertiary alicyclic amines) is 1. The summed E-state index contributed by atoms with van der Waals surface area (Å²) in [5, 5.41) is 12.6. The van der Waals surface area contributed by atoms with Crippen LogP contribution in [-0.2, 0) is 16.1 Å². The maximum atomic E-state index is 12.5. The third-order valence-electron chi connectivity index (χ3n) is 5.22. The molecular weight excluding hydrogens is 314 g/mol. The van der Waals surface area contributed by atoms with Crippen molar-refractivity contribution in [1.29, 1.82) is 0 Å². The number of thiazole rings is 1. The van der Waals surface area contributed by atoms with Crippen molar-refractivity contribution in [3.63, 3.8) is 0 Å². The summed E-state index contributed by atoms with van der Waals surface area (Å²) >= 11 is 1.68. The number of ether oxygens (including phenoxy) is 1. The number of nitrogens with zero attached hydrogens (tertiary/aromatic N) is 3. The summed E-state index contributed by atoms with van der Waals surface area (Å²) in [5.74, 6) is 0.206. The number of hydrogen-bond donors (Lipinski definition) is 1. The first-order valence-electron chi connectivity index (χ1n) is 8.33. The van der Waals surface area contributed by atoms with Crippen LogP contribution in [0.4, 0.5) is 0 Å². The minimum absolute atomic E-state index is 0.0137. The lowest BCUT2D eigenvalue weighted by atomic mass is 9.81. The molecule has 6 nitrogen and oxygen atoms in total. The Labute approximate surface area is 140 Å². The van der Waals surface area contributed by atoms with Crippen molar-refractivity contribution in [2.75, 3.05) is 26.2 Å². The molecule has 2 atom stereocenters. The fourth-order valence-corrected chi connectivity index (χ4v) is 4.47. The molecule has 1 aromatic heterocycles. The van der Waals surface area contributed by atoms with Gasteiger partial charge < -0.3 is 14.7 Å². The van der Waals surface area contributed by atoms with Crippen LogP contribution in [0.2, 0.25) is 0 Å². The van der Waals surface area contributed by atoms with Crippen LogP contribution in [0.15, 0.2) is 5.38 Å². The third-order valence-corrected chi connectivity index (χ3v) is 6.04. The molecule has 3 aliphatic rings. The number of aliphatic hydroxyl groups excluding tert-OH is 1. The Morgan fingerprint density at radius 3 is 3.00 bits per heavy atom. The number of amides is 1. The Balaban J connectivity index is 1.41. The summed E-state index contributed by atoms with van der Waals surface area (Å²) < 4.78 is 5.91. The number of carbonyl (C=O) groups excluding carboxylic acids is 1. The molecule has 0 aromatic carbocycles. The van der Waals surface area contributed by atoms with E-state index in [0.717, 1.165) is 30.3 Å². The van der Waals surface area contributed by atoms with E-state index < -0.39 is 0 Å². The lowest BCUT2D eigenvalue weighted by Crippen LogP contribution is -2.50. The minimum atomic E-state index is -0.283. The fraction of sp³-hybridized carbons (Fsp3) is 0.750. The van der Waals surface area contributed by atoms with Gasteiger partial charge in [0.15, 0.2) is 0 Å². The molecule has 1 aromatic rings. The molecule has 0 radical (unpaired) electrons. The number of carbonyl (C=O) groups is 1. The Morgan fingerprint density at radius 2 is 2.30 bits per heavy atom. The van der Waals surface area contributed by atoms with Gasteiger partial charge in [0.05, 0.1) is 35.6 Å². The standard InChI is InChI=1S/C16H23N3O3S/c1-10-17-12(9-23-10)6-18-2-3-22-15-8-19(7-14(15)18)16(21)11-4-13(20)5-11/h9,11,13-15,20H,2-8H2,1H3/t11?,13?,14-,15+/m1/s1. The second-order valence-electron chi connectivity index (χ2n) is 6.87. The van der Waals surface area contributed by atoms with Crippen molar-refractivity contribution >= 4 is 17.2 Å². The second kappa shape index (κ2) is 6.12. The predicted molar refractivity (Wildman–Crippen MR) is 86.1 cm³/mol. The second-order valence-corrected chi connectivity index (χ2v) is 7.93. The Morgan fingerprint density at radius 1 is 1.48 bits per heavy atom. The normalized spacial score (nSPS) is 34.3. The molecule has 1 aliphatic carbocycles. The first kappa shape index (κ1) is 15.5. The summed E-state index contributed by atoms with van der Waals surface area (Å²) in [5.41, 5.74) is 1.11. The highest BCUT2D eigenvalue weighted by Crippen LogP contribution is 2.32. The number of aromatic nitrogens is 1. The van der Waals surface area contributed by atoms with Gasteiger partial charge in [0.1, 0.15) is 0 Å². The van der Waals surface area contributed by atoms with E-state index in [0.29, 0.717) is 26.0 Å². The van der Waals surface area contributed by atoms with E-state index in [1.807, 2.05) is 11.8 Å². The lowest BCUT2D eigenvalue weighted by Gasteiger charge is -2.36. The quantitative estimate of drug-likeness (QED) is 0.877. The van der Waals surface area contributed by atoms with E-state index in [9.17, 15) is 9.90 Å². The highest BCUT2D eigenvalue weighted by Gasteiger charge is 2.45. The van der Waals surface area contributed by atoms with Gasteiger partial charge in [-0.25, -0.2) is 4.98 Å². The van der Waals surface area contributed by atoms with Gasteiger partial charge in [0, 0.05) is 37.5 Å². The largest absolute Gasteiger partial charge is 0.393 e. The molecule has 7 heteroatoms. The van der Waals surface area contributed by atoms with E-state index in [1.165, 1.54) is 0 Å². The molecule has 1 amide bonds. The maximum Gasteiger partial charge on any atom is 0.226 e. The van der Waals surface area contributed by atoms with Crippen LogP contribution in [-0.4, -0.2) is 70.3 Å². The summed E-state index contributed by atoms with van der Waals surface area (Å²) in [6.45, 7) is 5.89. The van der Waals surface area contributed by atoms with E-state index >= 15 is 0 Å². The van der Waals surface area contributed by atoms with Crippen LogP contribution >= 0.6 is 11.3 Å². The zero-order valence-corrected chi connectivity index (χ0v) is 14.2. The summed E-state index contributed by atoms with van der Waals surface area (Å²) in [7, 11) is 0. The van der Waals surface area contributed by atoms with Crippen molar-refractivity contribution in [2.24, 2.45) is 5.92 Å². The molecule has 0 bridgehead atoms. The molecule has 1 saturated carbocycles. The molecular formula is C16H23N3O3S. The summed E-state index contributed by atoms with van der Waals surface area (Å²) in [4.78, 5) is 21.4. The minimum Gasteiger partial charge on any atom is -0.393 e. The van der Waals surface area contributed by atoms with Gasteiger partial charge in [0.2, 0.25) is 5.91 Å². The molecule has 3 fully saturated rings. The number of hydrogen-bond acceptors (Lipinski definition) is 6. The first-order valence-corrected chi connectivity index (χ1v) is 9.21. The van der Waals surface area contributed by atoms with E-state index in [2.05, 4.69) is 15.3 Å². The molecule has 2 aliphatic heterocycles. The zero-order chi connectivity index (χ0) is 16.0. The van der Waals surface area contributed by atoms with Gasteiger partial charge in [-0.05, 0) is 19.8 Å². The van der Waals surface area contributed by atoms with Crippen LogP contribution in [0.3, 0.4) is 0 Å². The first-order chi connectivity index (χ1) is 11.1. The third kappa shape index (κ3) is 3.03. The van der Waals surface area contributed by atoms with Crippen molar-refractivity contribution in [2.45, 2.75) is 44.6 Å². The van der Waals surface area contributed by atoms with Gasteiger partial charge in [-0.1, -0.05) is 0 Å². The molecule has 0 unspecified atom stereocenters. The molecule has 2 saturated heterocycles. The SMILES string of the molecule is Cc1nc(CN2CCO[C@H]3CN(C(=O)C4CC(O)C4)C[C@H]32)cs1. The van der Waals surface area contributed by atoms with Crippen LogP contribution in [0.5, 0.6) is 0 Å². The van der Waals surface area contributed by atoms with Crippen LogP contribution < -0.4 is 0 Å². The van der Waals surface area contributed by atoms with Crippen LogP contribution in [0, 0.1) is 12.8 Å². The van der Waals surface area contributed by atoms with Gasteiger partial charge >= 0.3 is 0 Å². The average Bonchev–Trinajstić information content (AvgIpc) is 3.10. The topological polar surface area (TPSA) is 65.9 Å². The number of fused-ring (bicyclic) bond motifs is 1. The van der Waals surface area contributed by atoms with Crippen LogP contribution in [0.1, 0.15) is 23.5 Å². The highest BCUT2D eigenvalue weighted by molar-refractivity contribution is 7.09. The fourth-order valence-electron chi connectivity index (χ4n) is 3.87. The molecule has 0 spiro atoms. The highest BCUT2D eigenvalue weighted by atomic mass is 32.1. The smallest absolute Gasteiger partial charge is 0.226 e. The molecule has 3 heterocycles. The molecule has 1 N–H and O–H groups in total. The van der Waals surface area contributed by atoms with E-state index in [-0.39, 0.29) is 30.1 Å². The summed E-state index contributed by atoms with van der Waals surface area (Å²) in [6.07, 6.45) is 1.06. The Kier molecular flexibility index (Phi) is 4.13. The number of rotatable bonds is 3. The maximum absolute atomic E-state index is 12.5. The van der Waals surface area contributed by atoms with Gasteiger partial charge in [0.25, 0.3) is 0 Å². The van der Waals surface area contributed by atoms with Crippen molar-refractivity contribution < 1.29 is 14.6 Å². The van der Waals surface area contributed by atoms with E-state index in [1.54, 1.807) is 11.3 Å². The predicted octanol–water partition coefficient (Wildman–Crippen LogP) is 0.634. The van der Waals surface area contributed by atoms with Crippen molar-refractivity contribution in [3.05, 3.63) is 16.1 Å². The van der Waals surface area contributed by atoms with Crippen molar-refractivity contribution in [1.82, 2.24) is 14.8 Å². The molecule has 126 valence electrons. The van der Waals surface area contributed by atoms with Crippen molar-refractivity contribution in [3.8, 4) is 0 Å². The number of aliphatic hydroxyl groups is 1. The molecule has 23 heavy (non-hydrogen) atoms. The number of morpholine rings is 1. The molecule has 4 rings (SSSR count). The monoisotopic (exact) mass is 337 g/mol. The van der Waals surface area contributed by atoms with E-state index in [4.69, 9.17) is 4.74 Å². The lowest BCUT2D eigenvalue weighted by molar-refractivity contribution is -0.141. The average molecular weight is 337 g/mol. The number of aryl methyl sites for hydroxylation is 1. The van der Waals surface area contributed by atoms with Gasteiger partial charge in [-0.2, -0.15) is 0 Å². The van der Waals surface area contributed by atoms with Gasteiger partial charge in [-0.3, -0.25) is 9.69 Å². The summed E-state index contributed by atoms with van der Waals surface area (Å²) in [6, 6.07) is 0.264.